The van der Waals surface area contributed by atoms with Crippen molar-refractivity contribution in [2.45, 2.75) is 43.4 Å². The van der Waals surface area contributed by atoms with Crippen molar-refractivity contribution in [2.24, 2.45) is 11.8 Å². The van der Waals surface area contributed by atoms with Gasteiger partial charge in [0, 0.05) is 30.1 Å². The summed E-state index contributed by atoms with van der Waals surface area (Å²) in [5.41, 5.74) is 0.934. The van der Waals surface area contributed by atoms with E-state index >= 15 is 0 Å². The molecule has 2 aromatic carbocycles. The second-order valence-corrected chi connectivity index (χ2v) is 11.6. The van der Waals surface area contributed by atoms with Gasteiger partial charge >= 0.3 is 0 Å². The van der Waals surface area contributed by atoms with Gasteiger partial charge in [-0.15, -0.1) is 0 Å². The normalized spacial score (nSPS) is 23.4. The minimum absolute atomic E-state index is 0.0161. The molecular weight excluding hydrogens is 593 g/mol. The molecule has 0 spiro atoms. The quantitative estimate of drug-likeness (QED) is 0.312. The summed E-state index contributed by atoms with van der Waals surface area (Å²) in [5, 5.41) is 16.6. The standard InChI is InChI=1S/C13H13BrClN3O.C11H10BrClO/c14-10-3-4-11(12(15)5-10)13(19,9-1-2-9)6-18-8-16-7-17-18;12-8-3-4-9(10(13)5-8)11(6-14-11)7-1-2-7/h3-5,7-9,19H,1-2,6H2;3-5,7H,1-2,6H2. The molecule has 9 heteroatoms. The largest absolute Gasteiger partial charge is 0.383 e. The van der Waals surface area contributed by atoms with Crippen LogP contribution in [0.3, 0.4) is 0 Å². The zero-order valence-corrected chi connectivity index (χ0v) is 22.4. The topological polar surface area (TPSA) is 63.5 Å². The summed E-state index contributed by atoms with van der Waals surface area (Å²) in [6.07, 6.45) is 7.67. The van der Waals surface area contributed by atoms with Gasteiger partial charge in [-0.1, -0.05) is 67.2 Å². The lowest BCUT2D eigenvalue weighted by molar-refractivity contribution is -0.00767. The zero-order valence-electron chi connectivity index (χ0n) is 17.7. The van der Waals surface area contributed by atoms with Crippen molar-refractivity contribution in [1.29, 1.82) is 0 Å². The molecule has 0 radical (unpaired) electrons. The van der Waals surface area contributed by atoms with Gasteiger partial charge in [-0.3, -0.25) is 0 Å². The zero-order chi connectivity index (χ0) is 23.2. The molecule has 3 fully saturated rings. The number of ether oxygens (including phenoxy) is 1. The molecular formula is C24H23Br2Cl2N3O2. The van der Waals surface area contributed by atoms with Crippen molar-refractivity contribution in [1.82, 2.24) is 14.8 Å². The van der Waals surface area contributed by atoms with Gasteiger partial charge in [-0.2, -0.15) is 5.10 Å². The van der Waals surface area contributed by atoms with Crippen LogP contribution in [0.15, 0.2) is 58.0 Å². The molecule has 0 amide bonds. The molecule has 6 rings (SSSR count). The predicted octanol–water partition coefficient (Wildman–Crippen LogP) is 6.73. The first-order chi connectivity index (χ1) is 15.8. The lowest BCUT2D eigenvalue weighted by atomic mass is 9.88. The summed E-state index contributed by atoms with van der Waals surface area (Å²) in [6.45, 7) is 1.22. The van der Waals surface area contributed by atoms with Gasteiger partial charge in [-0.05, 0) is 61.8 Å². The van der Waals surface area contributed by atoms with Crippen molar-refractivity contribution in [2.75, 3.05) is 6.61 Å². The van der Waals surface area contributed by atoms with Gasteiger partial charge in [0.05, 0.1) is 13.2 Å². The first-order valence-electron chi connectivity index (χ1n) is 10.9. The first-order valence-corrected chi connectivity index (χ1v) is 13.3. The molecule has 1 N–H and O–H groups in total. The summed E-state index contributed by atoms with van der Waals surface area (Å²) in [5.74, 6) is 0.941. The number of epoxide rings is 1. The average Bonchev–Trinajstić information content (AvgIpc) is 3.63. The van der Waals surface area contributed by atoms with Crippen LogP contribution in [0.2, 0.25) is 10.0 Å². The number of nitrogens with zero attached hydrogens (tertiary/aromatic N) is 3. The van der Waals surface area contributed by atoms with Gasteiger partial charge in [0.25, 0.3) is 0 Å². The molecule has 2 atom stereocenters. The van der Waals surface area contributed by atoms with Crippen LogP contribution < -0.4 is 0 Å². The van der Waals surface area contributed by atoms with Crippen LogP contribution in [0.4, 0.5) is 0 Å². The number of rotatable bonds is 6. The van der Waals surface area contributed by atoms with Crippen LogP contribution in [-0.4, -0.2) is 26.5 Å². The van der Waals surface area contributed by atoms with Gasteiger partial charge in [-0.25, -0.2) is 9.67 Å². The highest BCUT2D eigenvalue weighted by atomic mass is 79.9. The molecule has 33 heavy (non-hydrogen) atoms. The van der Waals surface area contributed by atoms with E-state index in [1.165, 1.54) is 24.7 Å². The molecule has 1 saturated heterocycles. The lowest BCUT2D eigenvalue weighted by Gasteiger charge is -2.29. The van der Waals surface area contributed by atoms with Gasteiger partial charge in [0.15, 0.2) is 0 Å². The maximum atomic E-state index is 11.1. The van der Waals surface area contributed by atoms with Gasteiger partial charge in [0.2, 0.25) is 0 Å². The molecule has 2 aliphatic carbocycles. The highest BCUT2D eigenvalue weighted by Gasteiger charge is 2.58. The Morgan fingerprint density at radius 2 is 1.73 bits per heavy atom. The lowest BCUT2D eigenvalue weighted by Crippen LogP contribution is -2.34. The Labute approximate surface area is 219 Å². The third-order valence-corrected chi connectivity index (χ3v) is 8.21. The Kier molecular flexibility index (Phi) is 6.66. The molecule has 174 valence electrons. The van der Waals surface area contributed by atoms with E-state index in [1.807, 2.05) is 30.3 Å². The van der Waals surface area contributed by atoms with E-state index in [1.54, 1.807) is 11.0 Å². The van der Waals surface area contributed by atoms with Crippen LogP contribution in [0.1, 0.15) is 36.8 Å². The van der Waals surface area contributed by atoms with Gasteiger partial charge < -0.3 is 9.84 Å². The summed E-state index contributed by atoms with van der Waals surface area (Å²) < 4.78 is 9.21. The predicted molar refractivity (Wildman–Crippen MR) is 135 cm³/mol. The van der Waals surface area contributed by atoms with Crippen LogP contribution >= 0.6 is 55.1 Å². The Balaban J connectivity index is 0.000000144. The molecule has 3 aromatic rings. The van der Waals surface area contributed by atoms with Crippen molar-refractivity contribution >= 4 is 55.1 Å². The molecule has 5 nitrogen and oxygen atoms in total. The smallest absolute Gasteiger partial charge is 0.137 e. The Bertz CT molecular complexity index is 1150. The highest BCUT2D eigenvalue weighted by molar-refractivity contribution is 9.10. The third kappa shape index (κ3) is 5.04. The fourth-order valence-electron chi connectivity index (χ4n) is 4.47. The minimum atomic E-state index is -0.981. The van der Waals surface area contributed by atoms with E-state index in [-0.39, 0.29) is 11.5 Å². The molecule has 3 aliphatic rings. The number of benzene rings is 2. The molecule has 1 aromatic heterocycles. The average molecular weight is 616 g/mol. The van der Waals surface area contributed by atoms with E-state index in [4.69, 9.17) is 27.9 Å². The second-order valence-electron chi connectivity index (χ2n) is 8.99. The van der Waals surface area contributed by atoms with Crippen LogP contribution in [-0.2, 0) is 22.5 Å². The summed E-state index contributed by atoms with van der Waals surface area (Å²) >= 11 is 19.3. The van der Waals surface area contributed by atoms with Crippen molar-refractivity contribution in [3.05, 3.63) is 79.2 Å². The van der Waals surface area contributed by atoms with Gasteiger partial charge in [0.1, 0.15) is 23.9 Å². The number of aromatic nitrogens is 3. The van der Waals surface area contributed by atoms with E-state index in [0.29, 0.717) is 17.5 Å². The molecule has 2 unspecified atom stereocenters. The Hall–Kier alpha value is -0.960. The molecule has 0 bridgehead atoms. The van der Waals surface area contributed by atoms with Crippen molar-refractivity contribution < 1.29 is 9.84 Å². The number of hydrogen-bond donors (Lipinski definition) is 1. The molecule has 1 aliphatic heterocycles. The van der Waals surface area contributed by atoms with E-state index in [2.05, 4.69) is 48.0 Å². The molecule has 2 heterocycles. The SMILES string of the molecule is Clc1cc(Br)ccc1C1(C2CC2)CO1.OC(Cn1cncn1)(c1ccc(Br)cc1Cl)C1CC1. The number of aliphatic hydroxyl groups is 1. The summed E-state index contributed by atoms with van der Waals surface area (Å²) in [4.78, 5) is 3.92. The van der Waals surface area contributed by atoms with Crippen LogP contribution in [0, 0.1) is 11.8 Å². The fourth-order valence-corrected chi connectivity index (χ4v) is 6.14. The van der Waals surface area contributed by atoms with Crippen molar-refractivity contribution in [3.8, 4) is 0 Å². The maximum absolute atomic E-state index is 11.1. The second kappa shape index (κ2) is 9.25. The third-order valence-electron chi connectivity index (χ3n) is 6.60. The summed E-state index contributed by atoms with van der Waals surface area (Å²) in [7, 11) is 0. The van der Waals surface area contributed by atoms with E-state index in [0.717, 1.165) is 39.0 Å². The molecule has 2 saturated carbocycles. The fraction of sp³-hybridized carbons (Fsp3) is 0.417. The van der Waals surface area contributed by atoms with E-state index < -0.39 is 5.60 Å². The maximum Gasteiger partial charge on any atom is 0.137 e. The first kappa shape index (κ1) is 23.8. The summed E-state index contributed by atoms with van der Waals surface area (Å²) in [6, 6.07) is 11.6. The minimum Gasteiger partial charge on any atom is -0.383 e. The Morgan fingerprint density at radius 3 is 2.24 bits per heavy atom. The van der Waals surface area contributed by atoms with Crippen LogP contribution in [0.25, 0.3) is 0 Å². The van der Waals surface area contributed by atoms with Crippen LogP contribution in [0.5, 0.6) is 0 Å². The Morgan fingerprint density at radius 1 is 1.06 bits per heavy atom. The number of hydrogen-bond acceptors (Lipinski definition) is 4. The highest BCUT2D eigenvalue weighted by Crippen LogP contribution is 2.57. The monoisotopic (exact) mass is 613 g/mol. The van der Waals surface area contributed by atoms with Crippen molar-refractivity contribution in [3.63, 3.8) is 0 Å². The number of halogens is 4. The van der Waals surface area contributed by atoms with E-state index in [9.17, 15) is 5.11 Å².